The van der Waals surface area contributed by atoms with E-state index >= 15 is 0 Å². The van der Waals surface area contributed by atoms with Crippen LogP contribution < -0.4 is 0 Å². The highest BCUT2D eigenvalue weighted by molar-refractivity contribution is 4.97. The Morgan fingerprint density at radius 1 is 1.33 bits per heavy atom. The third kappa shape index (κ3) is 2.34. The van der Waals surface area contributed by atoms with Gasteiger partial charge in [0.25, 0.3) is 0 Å². The smallest absolute Gasteiger partial charge is 0.149 e. The minimum Gasteiger partial charge on any atom is -0.394 e. The second kappa shape index (κ2) is 4.98. The lowest BCUT2D eigenvalue weighted by Crippen LogP contribution is -2.59. The molecule has 1 heterocycles. The molecule has 1 saturated heterocycles. The van der Waals surface area contributed by atoms with E-state index in [1.807, 2.05) is 13.8 Å². The van der Waals surface area contributed by atoms with Crippen molar-refractivity contribution in [3.05, 3.63) is 4.91 Å². The molecule has 0 aromatic heterocycles. The zero-order valence-electron chi connectivity index (χ0n) is 8.78. The van der Waals surface area contributed by atoms with Crippen LogP contribution in [0.2, 0.25) is 0 Å². The van der Waals surface area contributed by atoms with Crippen LogP contribution in [0.25, 0.3) is 0 Å². The molecular formula is C9H17NO5. The fraction of sp³-hybridized carbons (Fsp3) is 1.00. The van der Waals surface area contributed by atoms with Crippen LogP contribution in [0.3, 0.4) is 0 Å². The Balaban J connectivity index is 2.84. The summed E-state index contributed by atoms with van der Waals surface area (Å²) in [7, 11) is 0. The van der Waals surface area contributed by atoms with E-state index in [9.17, 15) is 15.1 Å². The van der Waals surface area contributed by atoms with Crippen molar-refractivity contribution in [2.24, 2.45) is 11.1 Å². The van der Waals surface area contributed by atoms with Gasteiger partial charge in [-0.2, -0.15) is 4.91 Å². The van der Waals surface area contributed by atoms with Crippen LogP contribution >= 0.6 is 0 Å². The molecule has 1 rings (SSSR count). The summed E-state index contributed by atoms with van der Waals surface area (Å²) in [5.74, 6) is -0.0224. The molecule has 15 heavy (non-hydrogen) atoms. The van der Waals surface area contributed by atoms with Gasteiger partial charge in [-0.25, -0.2) is 0 Å². The van der Waals surface area contributed by atoms with Crippen LogP contribution in [-0.2, 0) is 4.74 Å². The van der Waals surface area contributed by atoms with E-state index in [0.717, 1.165) is 0 Å². The van der Waals surface area contributed by atoms with Crippen molar-refractivity contribution in [3.8, 4) is 0 Å². The molecule has 6 heteroatoms. The first-order chi connectivity index (χ1) is 7.02. The lowest BCUT2D eigenvalue weighted by Gasteiger charge is -2.41. The molecule has 0 aromatic carbocycles. The van der Waals surface area contributed by atoms with Gasteiger partial charge in [0.05, 0.1) is 12.7 Å². The quantitative estimate of drug-likeness (QED) is 0.543. The van der Waals surface area contributed by atoms with Crippen LogP contribution in [0.1, 0.15) is 13.8 Å². The Morgan fingerprint density at radius 2 is 1.93 bits per heavy atom. The van der Waals surface area contributed by atoms with Crippen molar-refractivity contribution < 1.29 is 20.1 Å². The van der Waals surface area contributed by atoms with Crippen LogP contribution in [-0.4, -0.2) is 52.4 Å². The Labute approximate surface area is 87.8 Å². The molecule has 88 valence electrons. The molecule has 6 nitrogen and oxygen atoms in total. The number of hydrogen-bond donors (Lipinski definition) is 3. The Hall–Kier alpha value is -0.560. The van der Waals surface area contributed by atoms with E-state index < -0.39 is 37.1 Å². The maximum Gasteiger partial charge on any atom is 0.149 e. The second-order valence-electron chi connectivity index (χ2n) is 4.14. The van der Waals surface area contributed by atoms with Gasteiger partial charge in [-0.15, -0.1) is 0 Å². The first kappa shape index (κ1) is 12.5. The average Bonchev–Trinajstić information content (AvgIpc) is 2.18. The standard InChI is InChI=1S/C9H17NO5/c1-4(2)9-8(13)6(10-14)7(12)5(3-11)15-9/h4-9,11-13H,3H2,1-2H3. The molecule has 1 aliphatic rings. The van der Waals surface area contributed by atoms with Crippen LogP contribution in [0.5, 0.6) is 0 Å². The molecule has 0 radical (unpaired) electrons. The third-order valence-corrected chi connectivity index (χ3v) is 2.71. The van der Waals surface area contributed by atoms with Gasteiger partial charge in [-0.1, -0.05) is 19.0 Å². The van der Waals surface area contributed by atoms with Crippen molar-refractivity contribution in [1.82, 2.24) is 0 Å². The summed E-state index contributed by atoms with van der Waals surface area (Å²) in [5.41, 5.74) is 0. The maximum atomic E-state index is 10.5. The summed E-state index contributed by atoms with van der Waals surface area (Å²) < 4.78 is 5.30. The highest BCUT2D eigenvalue weighted by Gasteiger charge is 2.46. The molecule has 5 atom stereocenters. The summed E-state index contributed by atoms with van der Waals surface area (Å²) in [6, 6.07) is -1.14. The van der Waals surface area contributed by atoms with Crippen LogP contribution in [0.15, 0.2) is 5.18 Å². The number of ether oxygens (including phenoxy) is 1. The Kier molecular flexibility index (Phi) is 4.15. The number of aliphatic hydroxyl groups excluding tert-OH is 3. The van der Waals surface area contributed by atoms with Gasteiger partial charge >= 0.3 is 0 Å². The van der Waals surface area contributed by atoms with E-state index in [0.29, 0.717) is 0 Å². The SMILES string of the molecule is CC(C)C1OC(CO)C(O)C(N=O)C1O. The van der Waals surface area contributed by atoms with Crippen molar-refractivity contribution in [2.75, 3.05) is 6.61 Å². The van der Waals surface area contributed by atoms with E-state index in [1.165, 1.54) is 0 Å². The predicted molar refractivity (Wildman–Crippen MR) is 52.2 cm³/mol. The molecule has 3 N–H and O–H groups in total. The zero-order chi connectivity index (χ0) is 11.6. The summed E-state index contributed by atoms with van der Waals surface area (Å²) in [6.45, 7) is 3.24. The summed E-state index contributed by atoms with van der Waals surface area (Å²) in [6.07, 6.45) is -3.82. The first-order valence-electron chi connectivity index (χ1n) is 4.97. The lowest BCUT2D eigenvalue weighted by atomic mass is 9.88. The molecule has 0 aromatic rings. The topological polar surface area (TPSA) is 99.4 Å². The lowest BCUT2D eigenvalue weighted by molar-refractivity contribution is -0.199. The van der Waals surface area contributed by atoms with E-state index in [-0.39, 0.29) is 5.92 Å². The van der Waals surface area contributed by atoms with E-state index in [1.54, 1.807) is 0 Å². The average molecular weight is 219 g/mol. The highest BCUT2D eigenvalue weighted by atomic mass is 16.5. The minimum atomic E-state index is -1.25. The second-order valence-corrected chi connectivity index (χ2v) is 4.14. The molecule has 0 aliphatic carbocycles. The monoisotopic (exact) mass is 219 g/mol. The Bertz CT molecular complexity index is 223. The van der Waals surface area contributed by atoms with Crippen LogP contribution in [0, 0.1) is 10.8 Å². The number of nitrogens with zero attached hydrogens (tertiary/aromatic N) is 1. The molecule has 0 amide bonds. The molecule has 0 spiro atoms. The van der Waals surface area contributed by atoms with Gasteiger partial charge in [0.1, 0.15) is 24.4 Å². The number of hydrogen-bond acceptors (Lipinski definition) is 6. The molecule has 1 fully saturated rings. The molecule has 5 unspecified atom stereocenters. The van der Waals surface area contributed by atoms with Gasteiger partial charge in [-0.3, -0.25) is 0 Å². The van der Waals surface area contributed by atoms with Crippen molar-refractivity contribution in [1.29, 1.82) is 0 Å². The fourth-order valence-electron chi connectivity index (χ4n) is 1.81. The number of rotatable bonds is 3. The summed E-state index contributed by atoms with van der Waals surface area (Å²) >= 11 is 0. The van der Waals surface area contributed by atoms with Crippen LogP contribution in [0.4, 0.5) is 0 Å². The minimum absolute atomic E-state index is 0.0224. The fourth-order valence-corrected chi connectivity index (χ4v) is 1.81. The van der Waals surface area contributed by atoms with Crippen molar-refractivity contribution in [2.45, 2.75) is 44.3 Å². The van der Waals surface area contributed by atoms with Crippen molar-refractivity contribution in [3.63, 3.8) is 0 Å². The van der Waals surface area contributed by atoms with E-state index in [4.69, 9.17) is 9.84 Å². The van der Waals surface area contributed by atoms with Gasteiger partial charge in [0.2, 0.25) is 0 Å². The third-order valence-electron chi connectivity index (χ3n) is 2.71. The van der Waals surface area contributed by atoms with Gasteiger partial charge in [0, 0.05) is 0 Å². The van der Waals surface area contributed by atoms with Gasteiger partial charge in [0.15, 0.2) is 0 Å². The Morgan fingerprint density at radius 3 is 2.33 bits per heavy atom. The van der Waals surface area contributed by atoms with Crippen molar-refractivity contribution >= 4 is 0 Å². The highest BCUT2D eigenvalue weighted by Crippen LogP contribution is 2.27. The normalized spacial score (nSPS) is 41.9. The first-order valence-corrected chi connectivity index (χ1v) is 4.97. The van der Waals surface area contributed by atoms with Gasteiger partial charge < -0.3 is 20.1 Å². The van der Waals surface area contributed by atoms with Gasteiger partial charge in [-0.05, 0) is 5.92 Å². The molecule has 0 saturated carbocycles. The number of aliphatic hydroxyl groups is 3. The molecule has 0 bridgehead atoms. The van der Waals surface area contributed by atoms with E-state index in [2.05, 4.69) is 5.18 Å². The summed E-state index contributed by atoms with van der Waals surface area (Å²) in [5, 5.41) is 30.9. The zero-order valence-corrected chi connectivity index (χ0v) is 8.78. The molecule has 1 aliphatic heterocycles. The summed E-state index contributed by atoms with van der Waals surface area (Å²) in [4.78, 5) is 10.5. The maximum absolute atomic E-state index is 10.5. The number of nitroso groups, excluding NO2 is 1. The predicted octanol–water partition coefficient (Wildman–Crippen LogP) is -0.741. The molecular weight excluding hydrogens is 202 g/mol. The largest absolute Gasteiger partial charge is 0.394 e.